The van der Waals surface area contributed by atoms with Crippen LogP contribution < -0.4 is 10.5 Å². The van der Waals surface area contributed by atoms with Crippen molar-refractivity contribution < 1.29 is 9.47 Å². The number of methoxy groups -OCH3 is 1. The molecule has 0 aromatic heterocycles. The van der Waals surface area contributed by atoms with E-state index in [1.54, 1.807) is 7.11 Å². The number of hydrogen-bond donors (Lipinski definition) is 1. The second-order valence-corrected chi connectivity index (χ2v) is 4.86. The Morgan fingerprint density at radius 2 is 1.89 bits per heavy atom. The molecule has 0 fully saturated rings. The molecule has 0 aliphatic rings. The van der Waals surface area contributed by atoms with Crippen LogP contribution in [0.2, 0.25) is 0 Å². The molecule has 0 spiro atoms. The summed E-state index contributed by atoms with van der Waals surface area (Å²) in [5, 5.41) is 0. The van der Waals surface area contributed by atoms with Gasteiger partial charge in [-0.05, 0) is 18.4 Å². The predicted molar refractivity (Wildman–Crippen MR) is 74.8 cm³/mol. The van der Waals surface area contributed by atoms with E-state index < -0.39 is 0 Å². The van der Waals surface area contributed by atoms with Gasteiger partial charge < -0.3 is 15.2 Å². The predicted octanol–water partition coefficient (Wildman–Crippen LogP) is 3.15. The Morgan fingerprint density at radius 1 is 1.22 bits per heavy atom. The number of rotatable bonds is 7. The first-order valence-corrected chi connectivity index (χ1v) is 6.61. The van der Waals surface area contributed by atoms with Gasteiger partial charge in [-0.1, -0.05) is 39.0 Å². The Kier molecular flexibility index (Phi) is 6.16. The molecule has 2 unspecified atom stereocenters. The second kappa shape index (κ2) is 7.39. The van der Waals surface area contributed by atoms with Gasteiger partial charge in [-0.15, -0.1) is 0 Å². The number of hydrogen-bond acceptors (Lipinski definition) is 3. The van der Waals surface area contributed by atoms with Crippen molar-refractivity contribution in [3.05, 3.63) is 29.8 Å². The van der Waals surface area contributed by atoms with Gasteiger partial charge in [-0.25, -0.2) is 0 Å². The van der Waals surface area contributed by atoms with Gasteiger partial charge in [-0.3, -0.25) is 0 Å². The van der Waals surface area contributed by atoms with Gasteiger partial charge in [0.2, 0.25) is 0 Å². The van der Waals surface area contributed by atoms with E-state index in [-0.39, 0.29) is 12.1 Å². The zero-order chi connectivity index (χ0) is 13.5. The number of para-hydroxylation sites is 1. The van der Waals surface area contributed by atoms with Crippen LogP contribution in [0.15, 0.2) is 24.3 Å². The van der Waals surface area contributed by atoms with Crippen molar-refractivity contribution in [3.8, 4) is 5.75 Å². The van der Waals surface area contributed by atoms with E-state index in [0.717, 1.165) is 17.7 Å². The van der Waals surface area contributed by atoms with Gasteiger partial charge in [0.15, 0.2) is 0 Å². The number of benzene rings is 1. The molecule has 1 rings (SSSR count). The molecule has 1 aromatic rings. The minimum absolute atomic E-state index is 0.00336. The molecule has 0 bridgehead atoms. The van der Waals surface area contributed by atoms with Crippen molar-refractivity contribution in [1.29, 1.82) is 0 Å². The van der Waals surface area contributed by atoms with Crippen molar-refractivity contribution in [2.75, 3.05) is 13.7 Å². The quantitative estimate of drug-likeness (QED) is 0.809. The van der Waals surface area contributed by atoms with E-state index in [2.05, 4.69) is 20.8 Å². The van der Waals surface area contributed by atoms with E-state index in [0.29, 0.717) is 12.5 Å². The number of ether oxygens (including phenoxy) is 2. The van der Waals surface area contributed by atoms with Gasteiger partial charge in [-0.2, -0.15) is 0 Å². The van der Waals surface area contributed by atoms with Crippen LogP contribution in [0.1, 0.15) is 38.8 Å². The van der Waals surface area contributed by atoms with Crippen LogP contribution in [0.25, 0.3) is 0 Å². The molecule has 0 saturated carbocycles. The highest BCUT2D eigenvalue weighted by Gasteiger charge is 2.24. The van der Waals surface area contributed by atoms with Crippen LogP contribution in [0.3, 0.4) is 0 Å². The molecule has 2 atom stereocenters. The summed E-state index contributed by atoms with van der Waals surface area (Å²) in [5.41, 5.74) is 7.34. The Morgan fingerprint density at radius 3 is 2.44 bits per heavy atom. The maximum absolute atomic E-state index is 6.32. The second-order valence-electron chi connectivity index (χ2n) is 4.86. The van der Waals surface area contributed by atoms with Gasteiger partial charge in [0.05, 0.1) is 18.8 Å². The molecule has 0 saturated heterocycles. The highest BCUT2D eigenvalue weighted by Crippen LogP contribution is 2.29. The Labute approximate surface area is 110 Å². The van der Waals surface area contributed by atoms with Crippen LogP contribution in [-0.4, -0.2) is 19.8 Å². The third-order valence-electron chi connectivity index (χ3n) is 3.02. The molecule has 1 aromatic carbocycles. The smallest absolute Gasteiger partial charge is 0.124 e. The van der Waals surface area contributed by atoms with E-state index in [4.69, 9.17) is 15.2 Å². The monoisotopic (exact) mass is 251 g/mol. The molecule has 0 aliphatic carbocycles. The Balaban J connectivity index is 2.92. The molecule has 2 N–H and O–H groups in total. The van der Waals surface area contributed by atoms with Gasteiger partial charge >= 0.3 is 0 Å². The van der Waals surface area contributed by atoms with E-state index in [1.807, 2.05) is 24.3 Å². The lowest BCUT2D eigenvalue weighted by Crippen LogP contribution is -2.32. The summed E-state index contributed by atoms with van der Waals surface area (Å²) in [6, 6.07) is 7.78. The van der Waals surface area contributed by atoms with Crippen molar-refractivity contribution in [2.24, 2.45) is 11.7 Å². The maximum Gasteiger partial charge on any atom is 0.124 e. The summed E-state index contributed by atoms with van der Waals surface area (Å²) in [5.74, 6) is 1.23. The zero-order valence-corrected chi connectivity index (χ0v) is 11.8. The van der Waals surface area contributed by atoms with E-state index in [9.17, 15) is 0 Å². The van der Waals surface area contributed by atoms with Gasteiger partial charge in [0.1, 0.15) is 5.75 Å². The minimum Gasteiger partial charge on any atom is -0.493 e. The van der Waals surface area contributed by atoms with Crippen LogP contribution in [0.4, 0.5) is 0 Å². The molecule has 0 aliphatic heterocycles. The highest BCUT2D eigenvalue weighted by atomic mass is 16.5. The topological polar surface area (TPSA) is 44.5 Å². The SMILES string of the molecule is CCCOc1ccccc1C(N)C(OC)C(C)C. The lowest BCUT2D eigenvalue weighted by molar-refractivity contribution is 0.0429. The van der Waals surface area contributed by atoms with Gasteiger partial charge in [0.25, 0.3) is 0 Å². The first kappa shape index (κ1) is 15.0. The summed E-state index contributed by atoms with van der Waals surface area (Å²) in [6.45, 7) is 7.03. The molecule has 0 radical (unpaired) electrons. The van der Waals surface area contributed by atoms with Crippen LogP contribution in [0.5, 0.6) is 5.75 Å². The summed E-state index contributed by atoms with van der Waals surface area (Å²) in [6.07, 6.45) is 0.984. The zero-order valence-electron chi connectivity index (χ0n) is 11.8. The molecule has 3 heteroatoms. The average Bonchev–Trinajstić information content (AvgIpc) is 2.37. The Hall–Kier alpha value is -1.06. The van der Waals surface area contributed by atoms with Gasteiger partial charge in [0, 0.05) is 12.7 Å². The van der Waals surface area contributed by atoms with Crippen molar-refractivity contribution in [3.63, 3.8) is 0 Å². The third kappa shape index (κ3) is 3.72. The van der Waals surface area contributed by atoms with Crippen LogP contribution in [0, 0.1) is 5.92 Å². The van der Waals surface area contributed by atoms with Crippen molar-refractivity contribution in [2.45, 2.75) is 39.3 Å². The normalized spacial score (nSPS) is 14.6. The summed E-state index contributed by atoms with van der Waals surface area (Å²) in [7, 11) is 1.71. The summed E-state index contributed by atoms with van der Waals surface area (Å²) < 4.78 is 11.3. The highest BCUT2D eigenvalue weighted by molar-refractivity contribution is 5.36. The molecule has 0 heterocycles. The molecule has 3 nitrogen and oxygen atoms in total. The lowest BCUT2D eigenvalue weighted by atomic mass is 9.93. The van der Waals surface area contributed by atoms with E-state index in [1.165, 1.54) is 0 Å². The van der Waals surface area contributed by atoms with E-state index >= 15 is 0 Å². The number of nitrogens with two attached hydrogens (primary N) is 1. The fourth-order valence-electron chi connectivity index (χ4n) is 2.11. The van der Waals surface area contributed by atoms with Crippen molar-refractivity contribution >= 4 is 0 Å². The summed E-state index contributed by atoms with van der Waals surface area (Å²) >= 11 is 0. The molecular formula is C15H25NO2. The molecule has 102 valence electrons. The Bertz CT molecular complexity index is 352. The van der Waals surface area contributed by atoms with Crippen molar-refractivity contribution in [1.82, 2.24) is 0 Å². The first-order valence-electron chi connectivity index (χ1n) is 6.61. The molecule has 18 heavy (non-hydrogen) atoms. The first-order chi connectivity index (χ1) is 8.61. The average molecular weight is 251 g/mol. The standard InChI is InChI=1S/C15H25NO2/c1-5-10-18-13-9-7-6-8-12(13)14(16)15(17-4)11(2)3/h6-9,11,14-15H,5,10,16H2,1-4H3. The minimum atomic E-state index is -0.164. The lowest BCUT2D eigenvalue weighted by Gasteiger charge is -2.27. The molecular weight excluding hydrogens is 226 g/mol. The molecule has 0 amide bonds. The fourth-order valence-corrected chi connectivity index (χ4v) is 2.11. The maximum atomic E-state index is 6.32. The third-order valence-corrected chi connectivity index (χ3v) is 3.02. The largest absolute Gasteiger partial charge is 0.493 e. The fraction of sp³-hybridized carbons (Fsp3) is 0.600. The van der Waals surface area contributed by atoms with Crippen LogP contribution in [-0.2, 0) is 4.74 Å². The van der Waals surface area contributed by atoms with Crippen LogP contribution >= 0.6 is 0 Å². The summed E-state index contributed by atoms with van der Waals surface area (Å²) in [4.78, 5) is 0.